The van der Waals surface area contributed by atoms with Gasteiger partial charge in [-0.25, -0.2) is 0 Å². The summed E-state index contributed by atoms with van der Waals surface area (Å²) in [5.41, 5.74) is 5.32. The minimum absolute atomic E-state index is 0.0209. The minimum Gasteiger partial charge on any atom is -0.289 e. The lowest BCUT2D eigenvalue weighted by atomic mass is 10.0. The number of rotatable bonds is 5. The molecule has 0 bridgehead atoms. The molecule has 3 aromatic carbocycles. The standard InChI is InChI=1S/C24H22O/c1-18(2)20-11-8-19(9-12-20)10-17-24(25)23-15-13-22(14-16-23)21-6-4-3-5-7-21/h3-18H,1-2H3/b17-10-. The van der Waals surface area contributed by atoms with Gasteiger partial charge in [0, 0.05) is 5.56 Å². The first-order chi connectivity index (χ1) is 12.1. The summed E-state index contributed by atoms with van der Waals surface area (Å²) in [7, 11) is 0. The number of ketones is 1. The Morgan fingerprint density at radius 2 is 1.36 bits per heavy atom. The molecular formula is C24H22O. The fourth-order valence-corrected chi connectivity index (χ4v) is 2.72. The van der Waals surface area contributed by atoms with Gasteiger partial charge in [-0.3, -0.25) is 4.79 Å². The van der Waals surface area contributed by atoms with Gasteiger partial charge >= 0.3 is 0 Å². The Hall–Kier alpha value is -2.93. The lowest BCUT2D eigenvalue weighted by molar-refractivity contribution is 0.104. The monoisotopic (exact) mass is 326 g/mol. The highest BCUT2D eigenvalue weighted by atomic mass is 16.1. The summed E-state index contributed by atoms with van der Waals surface area (Å²) in [6, 6.07) is 26.3. The molecule has 1 heteroatoms. The van der Waals surface area contributed by atoms with Gasteiger partial charge in [0.25, 0.3) is 0 Å². The van der Waals surface area contributed by atoms with Crippen molar-refractivity contribution in [1.82, 2.24) is 0 Å². The highest BCUT2D eigenvalue weighted by Crippen LogP contribution is 2.20. The number of hydrogen-bond donors (Lipinski definition) is 0. The van der Waals surface area contributed by atoms with E-state index in [1.807, 2.05) is 48.5 Å². The van der Waals surface area contributed by atoms with Crippen molar-refractivity contribution >= 4 is 11.9 Å². The maximum absolute atomic E-state index is 12.4. The fourth-order valence-electron chi connectivity index (χ4n) is 2.72. The highest BCUT2D eigenvalue weighted by Gasteiger charge is 2.03. The molecule has 0 amide bonds. The summed E-state index contributed by atoms with van der Waals surface area (Å²) in [5.74, 6) is 0.537. The molecule has 0 aromatic heterocycles. The van der Waals surface area contributed by atoms with Gasteiger partial charge in [-0.1, -0.05) is 98.8 Å². The zero-order chi connectivity index (χ0) is 17.6. The van der Waals surface area contributed by atoms with Gasteiger partial charge in [0.15, 0.2) is 5.78 Å². The van der Waals surface area contributed by atoms with E-state index in [0.717, 1.165) is 16.7 Å². The predicted molar refractivity (Wildman–Crippen MR) is 106 cm³/mol. The fraction of sp³-hybridized carbons (Fsp3) is 0.125. The van der Waals surface area contributed by atoms with Crippen molar-refractivity contribution in [1.29, 1.82) is 0 Å². The second-order valence-electron chi connectivity index (χ2n) is 6.46. The van der Waals surface area contributed by atoms with Gasteiger partial charge in [0.05, 0.1) is 0 Å². The van der Waals surface area contributed by atoms with Gasteiger partial charge < -0.3 is 0 Å². The normalized spacial score (nSPS) is 11.2. The van der Waals surface area contributed by atoms with Crippen LogP contribution in [0.1, 0.15) is 41.3 Å². The molecular weight excluding hydrogens is 304 g/mol. The molecule has 0 atom stereocenters. The maximum Gasteiger partial charge on any atom is 0.185 e. The van der Waals surface area contributed by atoms with Crippen LogP contribution in [0, 0.1) is 0 Å². The SMILES string of the molecule is CC(C)c1ccc(/C=C\C(=O)c2ccc(-c3ccccc3)cc2)cc1. The van der Waals surface area contributed by atoms with Crippen LogP contribution in [-0.4, -0.2) is 5.78 Å². The first kappa shape index (κ1) is 16.9. The van der Waals surface area contributed by atoms with Crippen LogP contribution in [0.15, 0.2) is 84.9 Å². The van der Waals surface area contributed by atoms with E-state index < -0.39 is 0 Å². The predicted octanol–water partition coefficient (Wildman–Crippen LogP) is 6.37. The van der Waals surface area contributed by atoms with Gasteiger partial charge in [-0.2, -0.15) is 0 Å². The molecule has 3 rings (SSSR count). The number of carbonyl (C=O) groups is 1. The Morgan fingerprint density at radius 3 is 1.96 bits per heavy atom. The Morgan fingerprint density at radius 1 is 0.760 bits per heavy atom. The first-order valence-electron chi connectivity index (χ1n) is 8.61. The topological polar surface area (TPSA) is 17.1 Å². The van der Waals surface area contributed by atoms with Crippen molar-refractivity contribution < 1.29 is 4.79 Å². The van der Waals surface area contributed by atoms with Crippen LogP contribution in [-0.2, 0) is 0 Å². The molecule has 0 N–H and O–H groups in total. The van der Waals surface area contributed by atoms with Crippen molar-refractivity contribution in [2.75, 3.05) is 0 Å². The number of benzene rings is 3. The third kappa shape index (κ3) is 4.33. The molecule has 0 heterocycles. The second-order valence-corrected chi connectivity index (χ2v) is 6.46. The maximum atomic E-state index is 12.4. The van der Waals surface area contributed by atoms with Gasteiger partial charge in [-0.15, -0.1) is 0 Å². The van der Waals surface area contributed by atoms with E-state index in [1.165, 1.54) is 5.56 Å². The van der Waals surface area contributed by atoms with Crippen LogP contribution < -0.4 is 0 Å². The van der Waals surface area contributed by atoms with E-state index in [1.54, 1.807) is 6.08 Å². The Kier molecular flexibility index (Phi) is 5.25. The summed E-state index contributed by atoms with van der Waals surface area (Å²) in [5, 5.41) is 0. The zero-order valence-corrected chi connectivity index (χ0v) is 14.6. The lowest BCUT2D eigenvalue weighted by Gasteiger charge is -2.04. The average Bonchev–Trinajstić information content (AvgIpc) is 2.67. The van der Waals surface area contributed by atoms with Crippen LogP contribution in [0.2, 0.25) is 0 Å². The molecule has 1 nitrogen and oxygen atoms in total. The number of hydrogen-bond acceptors (Lipinski definition) is 1. The minimum atomic E-state index is 0.0209. The quantitative estimate of drug-likeness (QED) is 0.393. The van der Waals surface area contributed by atoms with Crippen molar-refractivity contribution in [3.63, 3.8) is 0 Å². The first-order valence-corrected chi connectivity index (χ1v) is 8.61. The number of carbonyl (C=O) groups excluding carboxylic acids is 1. The van der Waals surface area contributed by atoms with E-state index >= 15 is 0 Å². The smallest absolute Gasteiger partial charge is 0.185 e. The molecule has 0 radical (unpaired) electrons. The zero-order valence-electron chi connectivity index (χ0n) is 14.6. The Balaban J connectivity index is 1.70. The summed E-state index contributed by atoms with van der Waals surface area (Å²) in [6.45, 7) is 4.35. The molecule has 0 aliphatic carbocycles. The second kappa shape index (κ2) is 7.76. The third-order valence-corrected chi connectivity index (χ3v) is 4.31. The summed E-state index contributed by atoms with van der Waals surface area (Å²) < 4.78 is 0. The van der Waals surface area contributed by atoms with Crippen LogP contribution >= 0.6 is 0 Å². The van der Waals surface area contributed by atoms with Crippen LogP contribution in [0.25, 0.3) is 17.2 Å². The van der Waals surface area contributed by atoms with Crippen LogP contribution in [0.5, 0.6) is 0 Å². The average molecular weight is 326 g/mol. The Labute approximate surface area is 149 Å². The molecule has 0 aliphatic heterocycles. The molecule has 0 unspecified atom stereocenters. The third-order valence-electron chi connectivity index (χ3n) is 4.31. The van der Waals surface area contributed by atoms with Crippen LogP contribution in [0.3, 0.4) is 0 Å². The highest BCUT2D eigenvalue weighted by molar-refractivity contribution is 6.07. The van der Waals surface area contributed by atoms with E-state index in [2.05, 4.69) is 50.2 Å². The molecule has 0 saturated heterocycles. The number of allylic oxidation sites excluding steroid dienone is 1. The van der Waals surface area contributed by atoms with Gasteiger partial charge in [-0.05, 0) is 34.2 Å². The van der Waals surface area contributed by atoms with E-state index in [4.69, 9.17) is 0 Å². The Bertz CT molecular complexity index is 854. The van der Waals surface area contributed by atoms with Gasteiger partial charge in [0.2, 0.25) is 0 Å². The molecule has 25 heavy (non-hydrogen) atoms. The summed E-state index contributed by atoms with van der Waals surface area (Å²) in [4.78, 5) is 12.4. The van der Waals surface area contributed by atoms with E-state index in [-0.39, 0.29) is 5.78 Å². The summed E-state index contributed by atoms with van der Waals surface area (Å²) in [6.07, 6.45) is 3.51. The lowest BCUT2D eigenvalue weighted by Crippen LogP contribution is -1.94. The summed E-state index contributed by atoms with van der Waals surface area (Å²) >= 11 is 0. The van der Waals surface area contributed by atoms with Crippen molar-refractivity contribution in [2.45, 2.75) is 19.8 Å². The van der Waals surface area contributed by atoms with Crippen molar-refractivity contribution in [3.05, 3.63) is 102 Å². The van der Waals surface area contributed by atoms with Crippen molar-refractivity contribution in [2.24, 2.45) is 0 Å². The van der Waals surface area contributed by atoms with E-state index in [0.29, 0.717) is 11.5 Å². The van der Waals surface area contributed by atoms with E-state index in [9.17, 15) is 4.79 Å². The van der Waals surface area contributed by atoms with Crippen LogP contribution in [0.4, 0.5) is 0 Å². The van der Waals surface area contributed by atoms with Crippen molar-refractivity contribution in [3.8, 4) is 11.1 Å². The van der Waals surface area contributed by atoms with Gasteiger partial charge in [0.1, 0.15) is 0 Å². The molecule has 0 spiro atoms. The molecule has 0 aliphatic rings. The molecule has 0 saturated carbocycles. The molecule has 0 fully saturated rings. The molecule has 124 valence electrons. The largest absolute Gasteiger partial charge is 0.289 e. The molecule has 3 aromatic rings.